The second kappa shape index (κ2) is 4.75. The van der Waals surface area contributed by atoms with Crippen LogP contribution in [0.25, 0.3) is 10.2 Å². The number of anilines is 2. The van der Waals surface area contributed by atoms with Crippen LogP contribution >= 0.6 is 11.3 Å². The molecule has 0 fully saturated rings. The minimum absolute atomic E-state index is 0.0181. The van der Waals surface area contributed by atoms with E-state index in [1.165, 1.54) is 11.3 Å². The molecule has 0 radical (unpaired) electrons. The number of nitrogens with zero attached hydrogens (tertiary/aromatic N) is 2. The van der Waals surface area contributed by atoms with Crippen molar-refractivity contribution in [2.75, 3.05) is 17.6 Å². The number of nitrogens with two attached hydrogens (primary N) is 2. The van der Waals surface area contributed by atoms with E-state index in [1.54, 1.807) is 0 Å². The molecule has 0 aliphatic carbocycles. The molecular weight excluding hydrogens is 254 g/mol. The van der Waals surface area contributed by atoms with Crippen LogP contribution in [0.15, 0.2) is 6.07 Å². The number of fused-ring (bicyclic) bond motifs is 1. The summed E-state index contributed by atoms with van der Waals surface area (Å²) in [6, 6.07) is 1.92. The van der Waals surface area contributed by atoms with Gasteiger partial charge in [0, 0.05) is 4.88 Å². The van der Waals surface area contributed by atoms with Gasteiger partial charge < -0.3 is 21.9 Å². The van der Waals surface area contributed by atoms with Crippen molar-refractivity contribution in [3.05, 3.63) is 10.9 Å². The molecule has 1 amide bonds. The largest absolute Gasteiger partial charge is 0.381 e. The number of hydrogen-bond acceptors (Lipinski definition) is 7. The van der Waals surface area contributed by atoms with Gasteiger partial charge in [-0.05, 0) is 13.0 Å². The van der Waals surface area contributed by atoms with Gasteiger partial charge in [0.05, 0.1) is 11.9 Å². The molecule has 0 bridgehead atoms. The van der Waals surface area contributed by atoms with Crippen LogP contribution in [0.1, 0.15) is 4.88 Å². The first-order valence-corrected chi connectivity index (χ1v) is 6.04. The lowest BCUT2D eigenvalue weighted by Crippen LogP contribution is -2.34. The third-order valence-electron chi connectivity index (χ3n) is 2.32. The van der Waals surface area contributed by atoms with Crippen molar-refractivity contribution < 1.29 is 9.90 Å². The Morgan fingerprint density at radius 2 is 2.33 bits per heavy atom. The molecule has 0 aliphatic rings. The summed E-state index contributed by atoms with van der Waals surface area (Å²) in [6.07, 6.45) is -1.27. The van der Waals surface area contributed by atoms with Gasteiger partial charge in [-0.2, -0.15) is 4.98 Å². The molecule has 6 N–H and O–H groups in total. The lowest BCUT2D eigenvalue weighted by molar-refractivity contribution is -0.125. The minimum Gasteiger partial charge on any atom is -0.381 e. The maximum absolute atomic E-state index is 10.7. The first-order valence-electron chi connectivity index (χ1n) is 5.22. The Balaban J connectivity index is 2.29. The maximum atomic E-state index is 10.7. The molecule has 2 aromatic heterocycles. The van der Waals surface area contributed by atoms with Crippen LogP contribution in [0.4, 0.5) is 11.8 Å². The summed E-state index contributed by atoms with van der Waals surface area (Å²) in [5.41, 5.74) is 10.6. The smallest absolute Gasteiger partial charge is 0.248 e. The number of primary amides is 1. The van der Waals surface area contributed by atoms with Crippen molar-refractivity contribution in [3.63, 3.8) is 0 Å². The molecule has 0 saturated heterocycles. The van der Waals surface area contributed by atoms with Crippen LogP contribution in [0.2, 0.25) is 0 Å². The van der Waals surface area contributed by atoms with Crippen LogP contribution < -0.4 is 16.8 Å². The summed E-state index contributed by atoms with van der Waals surface area (Å²) >= 11 is 1.50. The average Bonchev–Trinajstić information content (AvgIpc) is 2.65. The van der Waals surface area contributed by atoms with Crippen molar-refractivity contribution in [1.82, 2.24) is 9.97 Å². The molecule has 0 aromatic carbocycles. The number of aliphatic hydroxyl groups excluding tert-OH is 1. The van der Waals surface area contributed by atoms with Gasteiger partial charge in [-0.3, -0.25) is 4.79 Å². The summed E-state index contributed by atoms with van der Waals surface area (Å²) in [5, 5.41) is 13.0. The van der Waals surface area contributed by atoms with Crippen LogP contribution in [-0.2, 0) is 4.79 Å². The highest BCUT2D eigenvalue weighted by molar-refractivity contribution is 7.18. The quantitative estimate of drug-likeness (QED) is 0.609. The van der Waals surface area contributed by atoms with E-state index in [0.29, 0.717) is 5.82 Å². The zero-order chi connectivity index (χ0) is 13.3. The zero-order valence-electron chi connectivity index (χ0n) is 9.67. The van der Waals surface area contributed by atoms with Gasteiger partial charge in [-0.1, -0.05) is 0 Å². The van der Waals surface area contributed by atoms with E-state index in [9.17, 15) is 9.90 Å². The van der Waals surface area contributed by atoms with Crippen molar-refractivity contribution >= 4 is 39.2 Å². The van der Waals surface area contributed by atoms with Gasteiger partial charge in [0.25, 0.3) is 0 Å². The third kappa shape index (κ3) is 2.49. The van der Waals surface area contributed by atoms with E-state index in [0.717, 1.165) is 15.1 Å². The van der Waals surface area contributed by atoms with Gasteiger partial charge in [-0.25, -0.2) is 4.98 Å². The standard InChI is InChI=1S/C10H13N5O2S/c1-4-2-5-8(13-3-6(16)7(11)17)14-10(12)15-9(5)18-4/h2,6,16H,3H2,1H3,(H2,11,17)(H3,12,13,14,15). The summed E-state index contributed by atoms with van der Waals surface area (Å²) in [5.74, 6) is -0.162. The number of aliphatic hydroxyl groups is 1. The van der Waals surface area contributed by atoms with E-state index in [4.69, 9.17) is 11.5 Å². The molecule has 1 unspecified atom stereocenters. The molecule has 1 atom stereocenters. The predicted octanol–water partition coefficient (Wildman–Crippen LogP) is -0.160. The highest BCUT2D eigenvalue weighted by Crippen LogP contribution is 2.28. The number of amides is 1. The Morgan fingerprint density at radius 3 is 3.00 bits per heavy atom. The van der Waals surface area contributed by atoms with E-state index in [1.807, 2.05) is 13.0 Å². The van der Waals surface area contributed by atoms with Gasteiger partial charge >= 0.3 is 0 Å². The number of aromatic nitrogens is 2. The zero-order valence-corrected chi connectivity index (χ0v) is 10.5. The first-order chi connectivity index (χ1) is 8.47. The summed E-state index contributed by atoms with van der Waals surface area (Å²) in [7, 11) is 0. The van der Waals surface area contributed by atoms with Crippen molar-refractivity contribution in [2.24, 2.45) is 5.73 Å². The number of nitrogens with one attached hydrogen (secondary N) is 1. The van der Waals surface area contributed by atoms with E-state index in [-0.39, 0.29) is 12.5 Å². The summed E-state index contributed by atoms with van der Waals surface area (Å²) in [6.45, 7) is 1.93. The second-order valence-electron chi connectivity index (χ2n) is 3.81. The number of nitrogen functional groups attached to an aromatic ring is 1. The molecule has 96 valence electrons. The number of hydrogen-bond donors (Lipinski definition) is 4. The van der Waals surface area contributed by atoms with Crippen LogP contribution in [-0.4, -0.2) is 33.6 Å². The number of aryl methyl sites for hydroxylation is 1. The van der Waals surface area contributed by atoms with Gasteiger partial charge in [0.1, 0.15) is 16.8 Å². The first kappa shape index (κ1) is 12.5. The fraction of sp³-hybridized carbons (Fsp3) is 0.300. The Hall–Kier alpha value is -1.93. The number of thiophene rings is 1. The topological polar surface area (TPSA) is 127 Å². The number of carbonyl (C=O) groups excluding carboxylic acids is 1. The molecule has 18 heavy (non-hydrogen) atoms. The van der Waals surface area contributed by atoms with Gasteiger partial charge in [0.15, 0.2) is 0 Å². The van der Waals surface area contributed by atoms with E-state index >= 15 is 0 Å². The molecular formula is C10H13N5O2S. The molecule has 7 nitrogen and oxygen atoms in total. The lowest BCUT2D eigenvalue weighted by atomic mass is 10.3. The number of rotatable bonds is 4. The Morgan fingerprint density at radius 1 is 1.61 bits per heavy atom. The van der Waals surface area contributed by atoms with E-state index < -0.39 is 12.0 Å². The van der Waals surface area contributed by atoms with Crippen LogP contribution in [0.5, 0.6) is 0 Å². The highest BCUT2D eigenvalue weighted by Gasteiger charge is 2.13. The van der Waals surface area contributed by atoms with Crippen molar-refractivity contribution in [2.45, 2.75) is 13.0 Å². The van der Waals surface area contributed by atoms with Crippen molar-refractivity contribution in [1.29, 1.82) is 0 Å². The fourth-order valence-electron chi connectivity index (χ4n) is 1.49. The maximum Gasteiger partial charge on any atom is 0.248 e. The van der Waals surface area contributed by atoms with Gasteiger partial charge in [0.2, 0.25) is 11.9 Å². The monoisotopic (exact) mass is 267 g/mol. The number of carbonyl (C=O) groups is 1. The Labute approximate surface area is 107 Å². The average molecular weight is 267 g/mol. The molecule has 0 saturated carbocycles. The SMILES string of the molecule is Cc1cc2c(NCC(O)C(N)=O)nc(N)nc2s1. The lowest BCUT2D eigenvalue weighted by Gasteiger charge is -2.09. The summed E-state index contributed by atoms with van der Waals surface area (Å²) in [4.78, 5) is 20.7. The minimum atomic E-state index is -1.27. The predicted molar refractivity (Wildman–Crippen MR) is 70.3 cm³/mol. The molecule has 2 heterocycles. The second-order valence-corrected chi connectivity index (χ2v) is 5.04. The molecule has 0 aliphatic heterocycles. The van der Waals surface area contributed by atoms with Gasteiger partial charge in [-0.15, -0.1) is 11.3 Å². The van der Waals surface area contributed by atoms with Crippen LogP contribution in [0.3, 0.4) is 0 Å². The third-order valence-corrected chi connectivity index (χ3v) is 3.27. The Kier molecular flexibility index (Phi) is 3.30. The Bertz CT molecular complexity index is 597. The summed E-state index contributed by atoms with van der Waals surface area (Å²) < 4.78 is 0. The van der Waals surface area contributed by atoms with Crippen molar-refractivity contribution in [3.8, 4) is 0 Å². The molecule has 2 rings (SSSR count). The highest BCUT2D eigenvalue weighted by atomic mass is 32.1. The molecule has 0 spiro atoms. The van der Waals surface area contributed by atoms with Crippen LogP contribution in [0, 0.1) is 6.92 Å². The normalized spacial score (nSPS) is 12.6. The molecule has 2 aromatic rings. The van der Waals surface area contributed by atoms with E-state index in [2.05, 4.69) is 15.3 Å². The fourth-order valence-corrected chi connectivity index (χ4v) is 2.37. The molecule has 8 heteroatoms.